The molecule has 3 aromatic rings. The number of aryl methyl sites for hydroxylation is 2. The highest BCUT2D eigenvalue weighted by Crippen LogP contribution is 2.20. The van der Waals surface area contributed by atoms with Crippen molar-refractivity contribution in [2.75, 3.05) is 0 Å². The fourth-order valence-electron chi connectivity index (χ4n) is 3.19. The number of nitrogens with zero attached hydrogens (tertiary/aromatic N) is 2. The lowest BCUT2D eigenvalue weighted by atomic mass is 10.0. The van der Waals surface area contributed by atoms with Crippen LogP contribution in [0.5, 0.6) is 0 Å². The number of hydrogen-bond acceptors (Lipinski definition) is 2. The molecule has 0 bridgehead atoms. The number of benzene rings is 2. The van der Waals surface area contributed by atoms with E-state index in [9.17, 15) is 4.79 Å². The maximum atomic E-state index is 12.9. The summed E-state index contributed by atoms with van der Waals surface area (Å²) in [6.07, 6.45) is 1.01. The molecule has 0 spiro atoms. The Hall–Kier alpha value is -2.88. The number of carbonyl (C=O) groups is 1. The largest absolute Gasteiger partial charge is 0.345 e. The first-order chi connectivity index (χ1) is 12.5. The van der Waals surface area contributed by atoms with E-state index in [1.807, 2.05) is 55.8 Å². The molecule has 0 saturated carbocycles. The topological polar surface area (TPSA) is 46.9 Å². The van der Waals surface area contributed by atoms with Gasteiger partial charge in [0.05, 0.1) is 28.7 Å². The Balaban J connectivity index is 1.82. The van der Waals surface area contributed by atoms with Crippen LogP contribution in [0.1, 0.15) is 52.8 Å². The molecule has 26 heavy (non-hydrogen) atoms. The molecule has 1 N–H and O–H groups in total. The molecule has 1 amide bonds. The average Bonchev–Trinajstić information content (AvgIpc) is 2.96. The predicted molar refractivity (Wildman–Crippen MR) is 105 cm³/mol. The van der Waals surface area contributed by atoms with Gasteiger partial charge in [0.2, 0.25) is 0 Å². The molecule has 2 aromatic carbocycles. The zero-order chi connectivity index (χ0) is 18.7. The Labute approximate surface area is 154 Å². The highest BCUT2D eigenvalue weighted by molar-refractivity contribution is 5.96. The molecule has 0 radical (unpaired) electrons. The number of carbonyl (C=O) groups excluding carboxylic acids is 1. The molecule has 0 aliphatic heterocycles. The molecule has 0 fully saturated rings. The molecule has 4 nitrogen and oxygen atoms in total. The van der Waals surface area contributed by atoms with Crippen molar-refractivity contribution in [1.29, 1.82) is 0 Å². The molecule has 1 unspecified atom stereocenters. The van der Waals surface area contributed by atoms with Crippen LogP contribution in [0.25, 0.3) is 5.69 Å². The van der Waals surface area contributed by atoms with Gasteiger partial charge in [0, 0.05) is 0 Å². The maximum absolute atomic E-state index is 12.9. The number of nitrogens with one attached hydrogen (secondary N) is 1. The number of aromatic nitrogens is 2. The van der Waals surface area contributed by atoms with Crippen LogP contribution < -0.4 is 5.32 Å². The van der Waals surface area contributed by atoms with Gasteiger partial charge in [-0.1, -0.05) is 49.4 Å². The van der Waals surface area contributed by atoms with Crippen molar-refractivity contribution in [3.05, 3.63) is 82.7 Å². The predicted octanol–water partition coefficient (Wildman–Crippen LogP) is 4.54. The van der Waals surface area contributed by atoms with E-state index in [1.165, 1.54) is 5.56 Å². The van der Waals surface area contributed by atoms with Crippen molar-refractivity contribution in [2.24, 2.45) is 0 Å². The van der Waals surface area contributed by atoms with Gasteiger partial charge in [0.1, 0.15) is 0 Å². The summed E-state index contributed by atoms with van der Waals surface area (Å²) in [6, 6.07) is 18.2. The fraction of sp³-hybridized carbons (Fsp3) is 0.273. The summed E-state index contributed by atoms with van der Waals surface area (Å²) >= 11 is 0. The third-order valence-corrected chi connectivity index (χ3v) is 4.75. The summed E-state index contributed by atoms with van der Waals surface area (Å²) in [4.78, 5) is 12.9. The zero-order valence-corrected chi connectivity index (χ0v) is 15.8. The van der Waals surface area contributed by atoms with Gasteiger partial charge < -0.3 is 5.32 Å². The van der Waals surface area contributed by atoms with Gasteiger partial charge >= 0.3 is 0 Å². The summed E-state index contributed by atoms with van der Waals surface area (Å²) in [5.41, 5.74) is 5.57. The highest BCUT2D eigenvalue weighted by Gasteiger charge is 2.21. The van der Waals surface area contributed by atoms with Crippen LogP contribution in [0.2, 0.25) is 0 Å². The van der Waals surface area contributed by atoms with Crippen LogP contribution in [-0.2, 0) is 6.42 Å². The Morgan fingerprint density at radius 2 is 1.73 bits per heavy atom. The van der Waals surface area contributed by atoms with Crippen LogP contribution in [-0.4, -0.2) is 15.7 Å². The van der Waals surface area contributed by atoms with Gasteiger partial charge in [-0.15, -0.1) is 0 Å². The molecule has 0 aliphatic rings. The monoisotopic (exact) mass is 347 g/mol. The minimum atomic E-state index is -0.0887. The van der Waals surface area contributed by atoms with Gasteiger partial charge in [0.15, 0.2) is 0 Å². The summed E-state index contributed by atoms with van der Waals surface area (Å²) in [6.45, 7) is 7.95. The zero-order valence-electron chi connectivity index (χ0n) is 15.8. The first kappa shape index (κ1) is 17.9. The molecule has 0 saturated heterocycles. The molecule has 1 heterocycles. The fourth-order valence-corrected chi connectivity index (χ4v) is 3.19. The molecular formula is C22H25N3O. The molecular weight excluding hydrogens is 322 g/mol. The second-order valence-electron chi connectivity index (χ2n) is 6.58. The van der Waals surface area contributed by atoms with Crippen molar-refractivity contribution in [2.45, 2.75) is 40.2 Å². The van der Waals surface area contributed by atoms with Crippen LogP contribution >= 0.6 is 0 Å². The van der Waals surface area contributed by atoms with Crippen molar-refractivity contribution in [3.8, 4) is 5.69 Å². The number of hydrogen-bond donors (Lipinski definition) is 1. The first-order valence-corrected chi connectivity index (χ1v) is 9.02. The van der Waals surface area contributed by atoms with E-state index >= 15 is 0 Å². The number of rotatable bonds is 5. The Bertz CT molecular complexity index is 895. The molecule has 134 valence electrons. The van der Waals surface area contributed by atoms with Crippen LogP contribution in [0.3, 0.4) is 0 Å². The average molecular weight is 347 g/mol. The maximum Gasteiger partial charge on any atom is 0.255 e. The van der Waals surface area contributed by atoms with E-state index in [-0.39, 0.29) is 11.9 Å². The Morgan fingerprint density at radius 1 is 1.08 bits per heavy atom. The van der Waals surface area contributed by atoms with Crippen molar-refractivity contribution in [3.63, 3.8) is 0 Å². The van der Waals surface area contributed by atoms with E-state index in [2.05, 4.69) is 41.6 Å². The molecule has 1 aromatic heterocycles. The van der Waals surface area contributed by atoms with Gasteiger partial charge in [-0.05, 0) is 50.5 Å². The van der Waals surface area contributed by atoms with Gasteiger partial charge in [-0.25, -0.2) is 4.68 Å². The Morgan fingerprint density at radius 3 is 2.35 bits per heavy atom. The lowest BCUT2D eigenvalue weighted by molar-refractivity contribution is 0.0938. The normalized spacial score (nSPS) is 12.0. The van der Waals surface area contributed by atoms with Gasteiger partial charge in [-0.2, -0.15) is 5.10 Å². The third-order valence-electron chi connectivity index (χ3n) is 4.75. The molecule has 3 rings (SSSR count). The Kier molecular flexibility index (Phi) is 5.21. The smallest absolute Gasteiger partial charge is 0.255 e. The van der Waals surface area contributed by atoms with Crippen LogP contribution in [0.4, 0.5) is 0 Å². The van der Waals surface area contributed by atoms with Gasteiger partial charge in [0.25, 0.3) is 5.91 Å². The molecule has 1 atom stereocenters. The second-order valence-corrected chi connectivity index (χ2v) is 6.58. The lowest BCUT2D eigenvalue weighted by Gasteiger charge is -2.15. The van der Waals surface area contributed by atoms with E-state index in [0.29, 0.717) is 5.56 Å². The first-order valence-electron chi connectivity index (χ1n) is 9.02. The number of para-hydroxylation sites is 1. The van der Waals surface area contributed by atoms with E-state index < -0.39 is 0 Å². The minimum Gasteiger partial charge on any atom is -0.345 e. The van der Waals surface area contributed by atoms with Crippen LogP contribution in [0, 0.1) is 13.8 Å². The standard InChI is InChI=1S/C22H25N3O/c1-5-18-11-13-19(14-12-18)15(2)23-22(26)21-16(3)24-25(17(21)4)20-9-7-6-8-10-20/h6-15H,5H2,1-4H3,(H,23,26). The van der Waals surface area contributed by atoms with E-state index in [0.717, 1.165) is 29.1 Å². The van der Waals surface area contributed by atoms with Gasteiger partial charge in [-0.3, -0.25) is 4.79 Å². The summed E-state index contributed by atoms with van der Waals surface area (Å²) in [5, 5.41) is 7.66. The molecule has 4 heteroatoms. The SMILES string of the molecule is CCc1ccc(C(C)NC(=O)c2c(C)nn(-c3ccccc3)c2C)cc1. The van der Waals surface area contributed by atoms with E-state index in [4.69, 9.17) is 0 Å². The van der Waals surface area contributed by atoms with Crippen molar-refractivity contribution in [1.82, 2.24) is 15.1 Å². The highest BCUT2D eigenvalue weighted by atomic mass is 16.1. The number of amides is 1. The summed E-state index contributed by atoms with van der Waals surface area (Å²) in [7, 11) is 0. The summed E-state index contributed by atoms with van der Waals surface area (Å²) < 4.78 is 1.82. The lowest BCUT2D eigenvalue weighted by Crippen LogP contribution is -2.27. The minimum absolute atomic E-state index is 0.0627. The second kappa shape index (κ2) is 7.56. The van der Waals surface area contributed by atoms with Crippen molar-refractivity contribution >= 4 is 5.91 Å². The quantitative estimate of drug-likeness (QED) is 0.736. The van der Waals surface area contributed by atoms with E-state index in [1.54, 1.807) is 0 Å². The third kappa shape index (κ3) is 3.54. The molecule has 0 aliphatic carbocycles. The summed E-state index contributed by atoms with van der Waals surface area (Å²) in [5.74, 6) is -0.0887. The van der Waals surface area contributed by atoms with Crippen LogP contribution in [0.15, 0.2) is 54.6 Å². The van der Waals surface area contributed by atoms with Crippen molar-refractivity contribution < 1.29 is 4.79 Å².